The van der Waals surface area contributed by atoms with E-state index in [-0.39, 0.29) is 25.7 Å². The Bertz CT molecular complexity index is 350. The topological polar surface area (TPSA) is 91.3 Å². The highest BCUT2D eigenvalue weighted by atomic mass is 31.2. The van der Waals surface area contributed by atoms with Gasteiger partial charge in [0.1, 0.15) is 12.5 Å². The number of aliphatic hydroxyl groups is 1. The van der Waals surface area contributed by atoms with Gasteiger partial charge in [-0.15, -0.1) is 0 Å². The van der Waals surface area contributed by atoms with Gasteiger partial charge < -0.3 is 23.6 Å². The Balaban J connectivity index is 2.47. The van der Waals surface area contributed by atoms with E-state index in [1.165, 1.54) is 6.92 Å². The molecule has 1 fully saturated rings. The largest absolute Gasteiger partial charge is 0.462 e. The van der Waals surface area contributed by atoms with Crippen LogP contribution in [0.25, 0.3) is 0 Å². The molecule has 7 nitrogen and oxygen atoms in total. The van der Waals surface area contributed by atoms with Crippen LogP contribution in [-0.4, -0.2) is 48.9 Å². The first-order valence-electron chi connectivity index (χ1n) is 6.75. The van der Waals surface area contributed by atoms with Gasteiger partial charge in [-0.05, 0) is 13.8 Å². The number of carbonyl (C=O) groups excluding carboxylic acids is 1. The number of hydrogen-bond acceptors (Lipinski definition) is 7. The lowest BCUT2D eigenvalue weighted by Gasteiger charge is -2.21. The molecule has 1 saturated carbocycles. The van der Waals surface area contributed by atoms with Crippen molar-refractivity contribution in [1.82, 2.24) is 0 Å². The van der Waals surface area contributed by atoms with E-state index in [4.69, 9.17) is 18.5 Å². The van der Waals surface area contributed by atoms with Crippen molar-refractivity contribution in [3.63, 3.8) is 0 Å². The molecule has 0 aliphatic heterocycles. The maximum Gasteiger partial charge on any atom is 0.356 e. The number of aliphatic hydroxyl groups excluding tert-OH is 1. The predicted molar refractivity (Wildman–Crippen MR) is 71.4 cm³/mol. The first-order chi connectivity index (χ1) is 9.40. The third-order valence-electron chi connectivity index (χ3n) is 2.86. The first-order valence-corrected chi connectivity index (χ1v) is 8.48. The molecule has 0 spiro atoms. The van der Waals surface area contributed by atoms with Crippen LogP contribution in [0, 0.1) is 0 Å². The third kappa shape index (κ3) is 5.50. The van der Waals surface area contributed by atoms with E-state index >= 15 is 0 Å². The molecule has 8 heteroatoms. The van der Waals surface area contributed by atoms with Crippen LogP contribution in [-0.2, 0) is 27.9 Å². The van der Waals surface area contributed by atoms with Crippen LogP contribution in [0.1, 0.15) is 33.6 Å². The zero-order valence-corrected chi connectivity index (χ0v) is 13.0. The van der Waals surface area contributed by atoms with Gasteiger partial charge in [-0.25, -0.2) is 0 Å². The van der Waals surface area contributed by atoms with Gasteiger partial charge in [-0.3, -0.25) is 9.36 Å². The average molecular weight is 310 g/mol. The van der Waals surface area contributed by atoms with Crippen molar-refractivity contribution in [2.24, 2.45) is 0 Å². The quantitative estimate of drug-likeness (QED) is 0.538. The number of rotatable bonds is 8. The van der Waals surface area contributed by atoms with Gasteiger partial charge in [0, 0.05) is 19.8 Å². The van der Waals surface area contributed by atoms with E-state index in [0.29, 0.717) is 12.8 Å². The molecule has 0 amide bonds. The third-order valence-corrected chi connectivity index (χ3v) is 4.63. The predicted octanol–water partition coefficient (Wildman–Crippen LogP) is 1.68. The van der Waals surface area contributed by atoms with Crippen LogP contribution in [0.3, 0.4) is 0 Å². The zero-order valence-electron chi connectivity index (χ0n) is 12.1. The second-order valence-electron chi connectivity index (χ2n) is 4.55. The highest BCUT2D eigenvalue weighted by Gasteiger charge is 2.37. The number of carbonyl (C=O) groups is 1. The lowest BCUT2D eigenvalue weighted by molar-refractivity contribution is -0.146. The molecule has 118 valence electrons. The summed E-state index contributed by atoms with van der Waals surface area (Å²) in [6, 6.07) is 0. The normalized spacial score (nSPS) is 26.7. The Morgan fingerprint density at radius 2 is 1.85 bits per heavy atom. The summed E-state index contributed by atoms with van der Waals surface area (Å²) >= 11 is 0. The summed E-state index contributed by atoms with van der Waals surface area (Å²) in [5.74, 6) is -0.392. The molecule has 0 aromatic carbocycles. The maximum atomic E-state index is 12.2. The van der Waals surface area contributed by atoms with Crippen molar-refractivity contribution in [2.75, 3.05) is 19.6 Å². The van der Waals surface area contributed by atoms with Crippen molar-refractivity contribution in [2.45, 2.75) is 51.9 Å². The van der Waals surface area contributed by atoms with Crippen molar-refractivity contribution in [3.8, 4) is 0 Å². The summed E-state index contributed by atoms with van der Waals surface area (Å²) in [5.41, 5.74) is 0. The lowest BCUT2D eigenvalue weighted by atomic mass is 10.3. The Kier molecular flexibility index (Phi) is 7.12. The summed E-state index contributed by atoms with van der Waals surface area (Å²) in [4.78, 5) is 10.9. The van der Waals surface area contributed by atoms with Gasteiger partial charge in [-0.2, -0.15) is 0 Å². The minimum atomic E-state index is -3.29. The van der Waals surface area contributed by atoms with E-state index in [1.807, 2.05) is 0 Å². The second kappa shape index (κ2) is 8.10. The molecule has 1 rings (SSSR count). The van der Waals surface area contributed by atoms with Gasteiger partial charge in [0.05, 0.1) is 25.4 Å². The monoisotopic (exact) mass is 310 g/mol. The fraction of sp³-hybridized carbons (Fsp3) is 0.917. The van der Waals surface area contributed by atoms with E-state index in [0.717, 1.165) is 0 Å². The van der Waals surface area contributed by atoms with Crippen LogP contribution in [0.15, 0.2) is 0 Å². The molecule has 0 unspecified atom stereocenters. The number of esters is 1. The molecule has 0 aromatic rings. The van der Waals surface area contributed by atoms with Gasteiger partial charge in [0.2, 0.25) is 0 Å². The summed E-state index contributed by atoms with van der Waals surface area (Å²) in [6.45, 7) is 5.26. The SMILES string of the molecule is CCOP(=O)(CO[C@H]1C[C@H](OC(C)=O)C[C@@H]1O)OCC. The Labute approximate surface area is 119 Å². The minimum absolute atomic E-state index is 0.219. The van der Waals surface area contributed by atoms with Crippen molar-refractivity contribution in [3.05, 3.63) is 0 Å². The summed E-state index contributed by atoms with van der Waals surface area (Å²) < 4.78 is 32.9. The average Bonchev–Trinajstić information content (AvgIpc) is 2.67. The van der Waals surface area contributed by atoms with Gasteiger partial charge in [0.15, 0.2) is 0 Å². The molecule has 0 radical (unpaired) electrons. The van der Waals surface area contributed by atoms with Crippen LogP contribution in [0.2, 0.25) is 0 Å². The summed E-state index contributed by atoms with van der Waals surface area (Å²) in [6.07, 6.45) is -1.18. The first kappa shape index (κ1) is 17.6. The molecule has 20 heavy (non-hydrogen) atoms. The molecule has 1 aliphatic carbocycles. The number of ether oxygens (including phenoxy) is 2. The summed E-state index contributed by atoms with van der Waals surface area (Å²) in [7, 11) is -3.29. The van der Waals surface area contributed by atoms with Crippen LogP contribution < -0.4 is 0 Å². The molecule has 0 heterocycles. The van der Waals surface area contributed by atoms with E-state index < -0.39 is 25.8 Å². The maximum absolute atomic E-state index is 12.2. The van der Waals surface area contributed by atoms with Crippen molar-refractivity contribution in [1.29, 1.82) is 0 Å². The summed E-state index contributed by atoms with van der Waals surface area (Å²) in [5, 5.41) is 9.84. The minimum Gasteiger partial charge on any atom is -0.462 e. The molecular formula is C12H23O7P. The van der Waals surface area contributed by atoms with Gasteiger partial charge in [0.25, 0.3) is 0 Å². The molecular weight excluding hydrogens is 287 g/mol. The van der Waals surface area contributed by atoms with Gasteiger partial charge in [-0.1, -0.05) is 0 Å². The van der Waals surface area contributed by atoms with Crippen LogP contribution in [0.5, 0.6) is 0 Å². The molecule has 1 N–H and O–H groups in total. The van der Waals surface area contributed by atoms with Gasteiger partial charge >= 0.3 is 13.6 Å². The zero-order chi connectivity index (χ0) is 15.2. The van der Waals surface area contributed by atoms with Crippen LogP contribution in [0.4, 0.5) is 0 Å². The number of hydrogen-bond donors (Lipinski definition) is 1. The van der Waals surface area contributed by atoms with Crippen molar-refractivity contribution >= 4 is 13.6 Å². The van der Waals surface area contributed by atoms with E-state index in [9.17, 15) is 14.5 Å². The highest BCUT2D eigenvalue weighted by Crippen LogP contribution is 2.48. The smallest absolute Gasteiger partial charge is 0.356 e. The van der Waals surface area contributed by atoms with E-state index in [1.54, 1.807) is 13.8 Å². The fourth-order valence-corrected chi connectivity index (χ4v) is 3.52. The van der Waals surface area contributed by atoms with E-state index in [2.05, 4.69) is 0 Å². The van der Waals surface area contributed by atoms with Crippen molar-refractivity contribution < 1.29 is 33.0 Å². The standard InChI is InChI=1S/C12H23O7P/c1-4-17-20(15,18-5-2)8-16-12-7-10(6-11(12)14)19-9(3)13/h10-12,14H,4-8H2,1-3H3/t10-,11+,12+/m1/s1. The highest BCUT2D eigenvalue weighted by molar-refractivity contribution is 7.53. The molecule has 0 saturated heterocycles. The molecule has 0 aromatic heterocycles. The molecule has 1 aliphatic rings. The lowest BCUT2D eigenvalue weighted by Crippen LogP contribution is -2.23. The fourth-order valence-electron chi connectivity index (χ4n) is 2.14. The van der Waals surface area contributed by atoms with Crippen LogP contribution >= 0.6 is 7.60 Å². The Hall–Kier alpha value is -0.460. The Morgan fingerprint density at radius 1 is 1.25 bits per heavy atom. The second-order valence-corrected chi connectivity index (χ2v) is 6.55. The molecule has 0 bridgehead atoms. The molecule has 3 atom stereocenters. The Morgan fingerprint density at radius 3 is 2.35 bits per heavy atom.